The van der Waals surface area contributed by atoms with Crippen molar-refractivity contribution < 1.29 is 19.4 Å². The maximum absolute atomic E-state index is 11.8. The van der Waals surface area contributed by atoms with Gasteiger partial charge in [-0.15, -0.1) is 0 Å². The van der Waals surface area contributed by atoms with Gasteiger partial charge in [-0.05, 0) is 43.4 Å². The van der Waals surface area contributed by atoms with Gasteiger partial charge < -0.3 is 15.2 Å². The van der Waals surface area contributed by atoms with Gasteiger partial charge in [0.25, 0.3) is 5.91 Å². The summed E-state index contributed by atoms with van der Waals surface area (Å²) in [7, 11) is 0. The molecule has 0 spiro atoms. The van der Waals surface area contributed by atoms with Gasteiger partial charge in [-0.25, -0.2) is 4.79 Å². The van der Waals surface area contributed by atoms with E-state index in [0.717, 1.165) is 11.1 Å². The Balaban J connectivity index is 2.56. The highest BCUT2D eigenvalue weighted by molar-refractivity contribution is 5.84. The number of carboxylic acids is 1. The highest BCUT2D eigenvalue weighted by atomic mass is 16.5. The monoisotopic (exact) mass is 293 g/mol. The number of aliphatic carboxylic acids is 1. The van der Waals surface area contributed by atoms with Gasteiger partial charge in [-0.1, -0.05) is 26.0 Å². The zero-order valence-corrected chi connectivity index (χ0v) is 13.0. The molecule has 116 valence electrons. The van der Waals surface area contributed by atoms with E-state index in [1.807, 2.05) is 45.9 Å². The molecule has 0 aliphatic rings. The van der Waals surface area contributed by atoms with Crippen molar-refractivity contribution in [3.8, 4) is 5.75 Å². The summed E-state index contributed by atoms with van der Waals surface area (Å²) in [5.41, 5.74) is 1.98. The van der Waals surface area contributed by atoms with Crippen LogP contribution in [0.25, 0.3) is 0 Å². The molecule has 0 aliphatic heterocycles. The highest BCUT2D eigenvalue weighted by Crippen LogP contribution is 2.18. The number of carbonyl (C=O) groups is 2. The van der Waals surface area contributed by atoms with E-state index in [1.54, 1.807) is 0 Å². The van der Waals surface area contributed by atoms with Crippen molar-refractivity contribution in [3.05, 3.63) is 29.3 Å². The number of aryl methyl sites for hydroxylation is 2. The third-order valence-electron chi connectivity index (χ3n) is 3.04. The van der Waals surface area contributed by atoms with E-state index in [0.29, 0.717) is 12.2 Å². The normalized spacial score (nSPS) is 12.0. The second kappa shape index (κ2) is 7.67. The quantitative estimate of drug-likeness (QED) is 0.809. The third-order valence-corrected chi connectivity index (χ3v) is 3.04. The van der Waals surface area contributed by atoms with E-state index in [9.17, 15) is 9.59 Å². The Kier molecular flexibility index (Phi) is 6.21. The smallest absolute Gasteiger partial charge is 0.326 e. The average molecular weight is 293 g/mol. The van der Waals surface area contributed by atoms with E-state index in [4.69, 9.17) is 9.84 Å². The predicted octanol–water partition coefficient (Wildman–Crippen LogP) is 2.30. The van der Waals surface area contributed by atoms with Crippen LogP contribution in [-0.4, -0.2) is 29.6 Å². The van der Waals surface area contributed by atoms with Crippen molar-refractivity contribution >= 4 is 11.9 Å². The van der Waals surface area contributed by atoms with Crippen molar-refractivity contribution in [2.75, 3.05) is 6.61 Å². The first kappa shape index (κ1) is 17.0. The molecule has 1 atom stereocenters. The molecule has 0 saturated carbocycles. The second-order valence-electron chi connectivity index (χ2n) is 5.65. The summed E-state index contributed by atoms with van der Waals surface area (Å²) in [4.78, 5) is 22.9. The lowest BCUT2D eigenvalue weighted by Crippen LogP contribution is -2.43. The SMILES string of the molecule is Cc1ccc(C)c(OCC(=O)NC(CC(C)C)C(=O)O)c1. The zero-order valence-electron chi connectivity index (χ0n) is 13.0. The summed E-state index contributed by atoms with van der Waals surface area (Å²) in [6.07, 6.45) is 0.393. The molecule has 5 nitrogen and oxygen atoms in total. The highest BCUT2D eigenvalue weighted by Gasteiger charge is 2.21. The summed E-state index contributed by atoms with van der Waals surface area (Å²) in [6, 6.07) is 4.86. The lowest BCUT2D eigenvalue weighted by atomic mass is 10.0. The molecule has 0 fully saturated rings. The van der Waals surface area contributed by atoms with Crippen molar-refractivity contribution in [1.29, 1.82) is 0 Å². The summed E-state index contributed by atoms with van der Waals surface area (Å²) in [6.45, 7) is 7.47. The standard InChI is InChI=1S/C16H23NO4/c1-10(2)7-13(16(19)20)17-15(18)9-21-14-8-11(3)5-6-12(14)4/h5-6,8,10,13H,7,9H2,1-4H3,(H,17,18)(H,19,20). The number of amides is 1. The van der Waals surface area contributed by atoms with E-state index < -0.39 is 17.9 Å². The molecule has 0 saturated heterocycles. The molecule has 0 bridgehead atoms. The Labute approximate surface area is 125 Å². The molecule has 1 amide bonds. The summed E-state index contributed by atoms with van der Waals surface area (Å²) in [5.74, 6) is -0.625. The summed E-state index contributed by atoms with van der Waals surface area (Å²) in [5, 5.41) is 11.6. The van der Waals surface area contributed by atoms with Crippen LogP contribution in [0.1, 0.15) is 31.4 Å². The van der Waals surface area contributed by atoms with Gasteiger partial charge in [0, 0.05) is 0 Å². The minimum Gasteiger partial charge on any atom is -0.483 e. The van der Waals surface area contributed by atoms with Crippen LogP contribution in [0, 0.1) is 19.8 Å². The maximum Gasteiger partial charge on any atom is 0.326 e. The minimum absolute atomic E-state index is 0.186. The summed E-state index contributed by atoms with van der Waals surface area (Å²) >= 11 is 0. The van der Waals surface area contributed by atoms with Crippen molar-refractivity contribution in [3.63, 3.8) is 0 Å². The number of ether oxygens (including phenoxy) is 1. The zero-order chi connectivity index (χ0) is 16.0. The topological polar surface area (TPSA) is 75.6 Å². The fourth-order valence-electron chi connectivity index (χ4n) is 1.93. The van der Waals surface area contributed by atoms with Crippen LogP contribution in [0.15, 0.2) is 18.2 Å². The largest absolute Gasteiger partial charge is 0.483 e. The molecule has 0 radical (unpaired) electrons. The number of carboxylic acid groups (broad SMARTS) is 1. The number of hydrogen-bond donors (Lipinski definition) is 2. The van der Waals surface area contributed by atoms with Crippen LogP contribution in [0.4, 0.5) is 0 Å². The molecule has 1 aromatic rings. The van der Waals surface area contributed by atoms with E-state index >= 15 is 0 Å². The Morgan fingerprint density at radius 1 is 1.29 bits per heavy atom. The molecule has 21 heavy (non-hydrogen) atoms. The van der Waals surface area contributed by atoms with Crippen LogP contribution >= 0.6 is 0 Å². The van der Waals surface area contributed by atoms with E-state index in [2.05, 4.69) is 5.32 Å². The Morgan fingerprint density at radius 2 is 1.95 bits per heavy atom. The predicted molar refractivity (Wildman–Crippen MR) is 80.4 cm³/mol. The van der Waals surface area contributed by atoms with Crippen molar-refractivity contribution in [2.24, 2.45) is 5.92 Å². The van der Waals surface area contributed by atoms with Crippen LogP contribution in [-0.2, 0) is 9.59 Å². The molecule has 1 unspecified atom stereocenters. The van der Waals surface area contributed by atoms with Gasteiger partial charge in [0.15, 0.2) is 6.61 Å². The van der Waals surface area contributed by atoms with Crippen molar-refractivity contribution in [1.82, 2.24) is 5.32 Å². The second-order valence-corrected chi connectivity index (χ2v) is 5.65. The van der Waals surface area contributed by atoms with Crippen LogP contribution in [0.5, 0.6) is 5.75 Å². The first-order chi connectivity index (χ1) is 9.79. The summed E-state index contributed by atoms with van der Waals surface area (Å²) < 4.78 is 5.46. The first-order valence-corrected chi connectivity index (χ1v) is 7.01. The minimum atomic E-state index is -1.02. The van der Waals surface area contributed by atoms with Gasteiger partial charge >= 0.3 is 5.97 Å². The molecular weight excluding hydrogens is 270 g/mol. The van der Waals surface area contributed by atoms with Crippen LogP contribution < -0.4 is 10.1 Å². The van der Waals surface area contributed by atoms with E-state index in [1.165, 1.54) is 0 Å². The molecule has 0 aliphatic carbocycles. The number of hydrogen-bond acceptors (Lipinski definition) is 3. The molecule has 1 rings (SSSR count). The third kappa shape index (κ3) is 5.85. The number of carbonyl (C=O) groups excluding carboxylic acids is 1. The molecule has 1 aromatic carbocycles. The average Bonchev–Trinajstić information content (AvgIpc) is 2.38. The molecule has 5 heteroatoms. The Morgan fingerprint density at radius 3 is 2.52 bits per heavy atom. The van der Waals surface area contributed by atoms with E-state index in [-0.39, 0.29) is 12.5 Å². The molecular formula is C16H23NO4. The number of benzene rings is 1. The fourth-order valence-corrected chi connectivity index (χ4v) is 1.93. The van der Waals surface area contributed by atoms with Gasteiger partial charge in [0.2, 0.25) is 0 Å². The first-order valence-electron chi connectivity index (χ1n) is 7.01. The maximum atomic E-state index is 11.8. The van der Waals surface area contributed by atoms with Crippen LogP contribution in [0.2, 0.25) is 0 Å². The molecule has 2 N–H and O–H groups in total. The lowest BCUT2D eigenvalue weighted by Gasteiger charge is -2.17. The van der Waals surface area contributed by atoms with Crippen LogP contribution in [0.3, 0.4) is 0 Å². The van der Waals surface area contributed by atoms with Crippen molar-refractivity contribution in [2.45, 2.75) is 40.2 Å². The molecule has 0 heterocycles. The van der Waals surface area contributed by atoms with Gasteiger partial charge in [-0.2, -0.15) is 0 Å². The Bertz CT molecular complexity index is 511. The number of nitrogens with one attached hydrogen (secondary N) is 1. The lowest BCUT2D eigenvalue weighted by molar-refractivity contribution is -0.142. The Hall–Kier alpha value is -2.04. The fraction of sp³-hybridized carbons (Fsp3) is 0.500. The van der Waals surface area contributed by atoms with Gasteiger partial charge in [0.05, 0.1) is 0 Å². The molecule has 0 aromatic heterocycles. The van der Waals surface area contributed by atoms with Gasteiger partial charge in [-0.3, -0.25) is 4.79 Å². The number of rotatable bonds is 7. The van der Waals surface area contributed by atoms with Gasteiger partial charge in [0.1, 0.15) is 11.8 Å².